The third-order valence-electron chi connectivity index (χ3n) is 2.20. The Bertz CT molecular complexity index is 553. The van der Waals surface area contributed by atoms with E-state index in [1.54, 1.807) is 14.0 Å². The predicted octanol–water partition coefficient (Wildman–Crippen LogP) is -1.16. The molecule has 1 unspecified atom stereocenters. The van der Waals surface area contributed by atoms with Crippen molar-refractivity contribution in [3.63, 3.8) is 0 Å². The van der Waals surface area contributed by atoms with Gasteiger partial charge in [-0.25, -0.2) is 0 Å². The maximum Gasteiger partial charge on any atom is 0.339 e. The van der Waals surface area contributed by atoms with Crippen LogP contribution in [-0.4, -0.2) is 39.1 Å². The summed E-state index contributed by atoms with van der Waals surface area (Å²) in [6.45, 7) is 2.00. The molecule has 1 heterocycles. The van der Waals surface area contributed by atoms with Gasteiger partial charge in [-0.05, 0) is 13.3 Å². The number of nitrogens with zero attached hydrogens (tertiary/aromatic N) is 2. The Morgan fingerprint density at radius 3 is 2.89 bits per heavy atom. The van der Waals surface area contributed by atoms with E-state index < -0.39 is 23.1 Å². The molecule has 0 aliphatic rings. The number of carbonyl (C=O) groups excluding carboxylic acids is 1. The van der Waals surface area contributed by atoms with Crippen LogP contribution in [0.3, 0.4) is 0 Å². The van der Waals surface area contributed by atoms with Crippen molar-refractivity contribution >= 4 is 17.7 Å². The number of nitrogens with two attached hydrogens (primary N) is 1. The zero-order valence-corrected chi connectivity index (χ0v) is 11.5. The summed E-state index contributed by atoms with van der Waals surface area (Å²) in [6.07, 6.45) is 0.387. The van der Waals surface area contributed by atoms with Gasteiger partial charge in [0.2, 0.25) is 0 Å². The maximum absolute atomic E-state index is 11.3. The van der Waals surface area contributed by atoms with Gasteiger partial charge in [0.1, 0.15) is 6.04 Å². The highest BCUT2D eigenvalue weighted by Gasteiger charge is 2.14. The van der Waals surface area contributed by atoms with E-state index in [1.807, 2.05) is 0 Å². The number of nitrogens with one attached hydrogen (secondary N) is 1. The zero-order valence-electron chi connectivity index (χ0n) is 10.7. The molecule has 19 heavy (non-hydrogen) atoms. The molecule has 1 aromatic rings. The van der Waals surface area contributed by atoms with Crippen molar-refractivity contribution in [2.45, 2.75) is 24.5 Å². The van der Waals surface area contributed by atoms with Gasteiger partial charge in [0.05, 0.1) is 6.61 Å². The molecule has 0 amide bonds. The largest absolute Gasteiger partial charge is 0.465 e. The second-order valence-electron chi connectivity index (χ2n) is 3.70. The van der Waals surface area contributed by atoms with Gasteiger partial charge in [0, 0.05) is 12.8 Å². The van der Waals surface area contributed by atoms with Crippen LogP contribution < -0.4 is 16.9 Å². The molecule has 0 radical (unpaired) electrons. The lowest BCUT2D eigenvalue weighted by Gasteiger charge is -2.10. The number of carbonyl (C=O) groups is 1. The topological polar surface area (TPSA) is 120 Å². The Kier molecular flexibility index (Phi) is 5.77. The predicted molar refractivity (Wildman–Crippen MR) is 70.0 cm³/mol. The molecular weight excluding hydrogens is 272 g/mol. The molecule has 1 aromatic heterocycles. The van der Waals surface area contributed by atoms with E-state index in [9.17, 15) is 14.4 Å². The molecule has 9 heteroatoms. The molecule has 0 aliphatic heterocycles. The highest BCUT2D eigenvalue weighted by atomic mass is 32.2. The first kappa shape index (κ1) is 15.4. The Labute approximate surface area is 113 Å². The maximum atomic E-state index is 11.3. The van der Waals surface area contributed by atoms with E-state index in [4.69, 9.17) is 10.5 Å². The summed E-state index contributed by atoms with van der Waals surface area (Å²) >= 11 is 1.23. The lowest BCUT2D eigenvalue weighted by Crippen LogP contribution is -2.34. The monoisotopic (exact) mass is 288 g/mol. The molecule has 1 rings (SSSR count). The summed E-state index contributed by atoms with van der Waals surface area (Å²) in [4.78, 5) is 37.0. The van der Waals surface area contributed by atoms with Crippen LogP contribution in [-0.2, 0) is 16.6 Å². The van der Waals surface area contributed by atoms with Crippen LogP contribution >= 0.6 is 11.8 Å². The molecular formula is C10H16N4O4S. The van der Waals surface area contributed by atoms with Crippen LogP contribution in [0, 0.1) is 0 Å². The summed E-state index contributed by atoms with van der Waals surface area (Å²) in [7, 11) is 1.57. The highest BCUT2D eigenvalue weighted by Crippen LogP contribution is 2.13. The van der Waals surface area contributed by atoms with Crippen LogP contribution in [0.5, 0.6) is 0 Å². The fraction of sp³-hybridized carbons (Fsp3) is 0.600. The third kappa shape index (κ3) is 4.52. The van der Waals surface area contributed by atoms with E-state index in [0.29, 0.717) is 17.3 Å². The summed E-state index contributed by atoms with van der Waals surface area (Å²) in [5.41, 5.74) is 4.02. The van der Waals surface area contributed by atoms with Crippen molar-refractivity contribution < 1.29 is 9.53 Å². The van der Waals surface area contributed by atoms with Crippen LogP contribution in [0.2, 0.25) is 0 Å². The second kappa shape index (κ2) is 7.10. The quantitative estimate of drug-likeness (QED) is 0.385. The zero-order chi connectivity index (χ0) is 14.4. The van der Waals surface area contributed by atoms with Gasteiger partial charge >= 0.3 is 17.1 Å². The number of esters is 1. The van der Waals surface area contributed by atoms with Gasteiger partial charge in [0.15, 0.2) is 5.16 Å². The minimum Gasteiger partial charge on any atom is -0.465 e. The number of rotatable bonds is 6. The van der Waals surface area contributed by atoms with Crippen LogP contribution in [0.25, 0.3) is 0 Å². The highest BCUT2D eigenvalue weighted by molar-refractivity contribution is 7.99. The summed E-state index contributed by atoms with van der Waals surface area (Å²) in [5, 5.41) is 2.69. The smallest absolute Gasteiger partial charge is 0.339 e. The van der Waals surface area contributed by atoms with Gasteiger partial charge < -0.3 is 10.5 Å². The number of thioether (sulfide) groups is 1. The fourth-order valence-electron chi connectivity index (χ4n) is 1.23. The molecule has 0 bridgehead atoms. The standard InChI is InChI=1S/C10H16N4O4S/c1-3-18-9(17)6(11)4-5-19-10-12-7(15)8(16)13-14(10)2/h6H,3-5,11H2,1-2H3,(H,13,16). The van der Waals surface area contributed by atoms with Crippen molar-refractivity contribution in [3.05, 3.63) is 20.7 Å². The number of H-pyrrole nitrogens is 1. The first-order chi connectivity index (χ1) is 8.95. The molecule has 1 atom stereocenters. The SMILES string of the molecule is CCOC(=O)C(N)CCSc1nc(=O)c(=O)[nH]n1C. The molecule has 106 valence electrons. The molecule has 8 nitrogen and oxygen atoms in total. The summed E-state index contributed by atoms with van der Waals surface area (Å²) < 4.78 is 6.12. The molecule has 0 saturated carbocycles. The van der Waals surface area contributed by atoms with Crippen LogP contribution in [0.4, 0.5) is 0 Å². The summed E-state index contributed by atoms with van der Waals surface area (Å²) in [5.74, 6) is 0.0261. The number of aromatic amines is 1. The minimum atomic E-state index is -0.838. The van der Waals surface area contributed by atoms with Gasteiger partial charge in [-0.15, -0.1) is 0 Å². The van der Waals surface area contributed by atoms with Gasteiger partial charge in [-0.2, -0.15) is 4.98 Å². The normalized spacial score (nSPS) is 12.2. The Hall–Kier alpha value is -1.61. The second-order valence-corrected chi connectivity index (χ2v) is 4.76. The van der Waals surface area contributed by atoms with Gasteiger partial charge in [0.25, 0.3) is 0 Å². The number of ether oxygens (including phenoxy) is 1. The Balaban J connectivity index is 2.54. The van der Waals surface area contributed by atoms with Crippen LogP contribution in [0.1, 0.15) is 13.3 Å². The average molecular weight is 288 g/mol. The van der Waals surface area contributed by atoms with Crippen molar-refractivity contribution in [2.75, 3.05) is 12.4 Å². The Morgan fingerprint density at radius 2 is 2.26 bits per heavy atom. The Morgan fingerprint density at radius 1 is 1.58 bits per heavy atom. The molecule has 0 spiro atoms. The molecule has 0 fully saturated rings. The van der Waals surface area contributed by atoms with Gasteiger partial charge in [-0.3, -0.25) is 24.2 Å². The third-order valence-corrected chi connectivity index (χ3v) is 3.26. The molecule has 0 aromatic carbocycles. The molecule has 0 aliphatic carbocycles. The van der Waals surface area contributed by atoms with Crippen molar-refractivity contribution in [3.8, 4) is 0 Å². The first-order valence-electron chi connectivity index (χ1n) is 5.68. The molecule has 0 saturated heterocycles. The number of aromatic nitrogens is 3. The average Bonchev–Trinajstić information content (AvgIpc) is 2.35. The van der Waals surface area contributed by atoms with Gasteiger partial charge in [-0.1, -0.05) is 11.8 Å². The van der Waals surface area contributed by atoms with E-state index in [1.165, 1.54) is 16.4 Å². The van der Waals surface area contributed by atoms with E-state index >= 15 is 0 Å². The van der Waals surface area contributed by atoms with E-state index in [0.717, 1.165) is 0 Å². The van der Waals surface area contributed by atoms with Crippen LogP contribution in [0.15, 0.2) is 14.7 Å². The summed E-state index contributed by atoms with van der Waals surface area (Å²) in [6, 6.07) is -0.702. The van der Waals surface area contributed by atoms with Crippen molar-refractivity contribution in [1.29, 1.82) is 0 Å². The first-order valence-corrected chi connectivity index (χ1v) is 6.66. The van der Waals surface area contributed by atoms with Crippen molar-refractivity contribution in [1.82, 2.24) is 14.8 Å². The number of aryl methyl sites for hydroxylation is 1. The molecule has 3 N–H and O–H groups in total. The fourth-order valence-corrected chi connectivity index (χ4v) is 2.18. The van der Waals surface area contributed by atoms with Crippen molar-refractivity contribution in [2.24, 2.45) is 12.8 Å². The number of hydrogen-bond donors (Lipinski definition) is 2. The number of hydrogen-bond acceptors (Lipinski definition) is 7. The van der Waals surface area contributed by atoms with E-state index in [2.05, 4.69) is 10.1 Å². The minimum absolute atomic E-state index is 0.287. The lowest BCUT2D eigenvalue weighted by molar-refractivity contribution is -0.144. The van der Waals surface area contributed by atoms with E-state index in [-0.39, 0.29) is 6.61 Å². The lowest BCUT2D eigenvalue weighted by atomic mass is 10.2.